The molecule has 1 amide bonds. The van der Waals surface area contributed by atoms with Gasteiger partial charge in [-0.1, -0.05) is 55.5 Å². The number of hydrogen-bond acceptors (Lipinski definition) is 4. The van der Waals surface area contributed by atoms with Gasteiger partial charge >= 0.3 is 0 Å². The van der Waals surface area contributed by atoms with Crippen molar-refractivity contribution in [2.45, 2.75) is 38.3 Å². The minimum Gasteiger partial charge on any atom is -0.459 e. The molecule has 6 heteroatoms. The molecule has 2 aromatic heterocycles. The summed E-state index contributed by atoms with van der Waals surface area (Å²) in [5.74, 6) is 0.346. The number of carbonyl (C=O) groups excluding carboxylic acids is 2. The molecule has 2 aromatic carbocycles. The maximum Gasteiger partial charge on any atom is 0.289 e. The number of aryl methyl sites for hydroxylation is 1. The highest BCUT2D eigenvalue weighted by Crippen LogP contribution is 2.28. The monoisotopic (exact) mass is 455 g/mol. The topological polar surface area (TPSA) is 78.3 Å². The van der Waals surface area contributed by atoms with Crippen LogP contribution in [0.25, 0.3) is 10.9 Å². The molecule has 0 spiro atoms. The second-order valence-electron chi connectivity index (χ2n) is 8.81. The van der Waals surface area contributed by atoms with E-state index in [1.807, 2.05) is 53.6 Å². The van der Waals surface area contributed by atoms with E-state index in [0.29, 0.717) is 24.4 Å². The molecule has 1 aliphatic rings. The number of para-hydroxylation sites is 1. The number of aromatic amines is 1. The van der Waals surface area contributed by atoms with E-state index >= 15 is 0 Å². The fourth-order valence-corrected chi connectivity index (χ4v) is 4.88. The average Bonchev–Trinajstić information content (AvgIpc) is 3.58. The number of nitrogens with zero attached hydrogens (tertiary/aromatic N) is 1. The molecule has 6 nitrogen and oxygen atoms in total. The zero-order valence-corrected chi connectivity index (χ0v) is 19.3. The summed E-state index contributed by atoms with van der Waals surface area (Å²) in [6.45, 7) is 3.37. The van der Waals surface area contributed by atoms with Crippen molar-refractivity contribution in [2.24, 2.45) is 0 Å². The van der Waals surface area contributed by atoms with Crippen molar-refractivity contribution in [1.29, 1.82) is 0 Å². The summed E-state index contributed by atoms with van der Waals surface area (Å²) in [5.41, 5.74) is 3.89. The zero-order valence-electron chi connectivity index (χ0n) is 19.3. The van der Waals surface area contributed by atoms with Crippen molar-refractivity contribution in [3.8, 4) is 0 Å². The summed E-state index contributed by atoms with van der Waals surface area (Å²) in [6.07, 6.45) is 5.81. The zero-order chi connectivity index (χ0) is 23.5. The first-order chi connectivity index (χ1) is 16.7. The van der Waals surface area contributed by atoms with Gasteiger partial charge in [-0.3, -0.25) is 9.59 Å². The molecule has 0 radical (unpaired) electrons. The van der Waals surface area contributed by atoms with E-state index < -0.39 is 6.04 Å². The largest absolute Gasteiger partial charge is 0.459 e. The van der Waals surface area contributed by atoms with Gasteiger partial charge in [-0.25, -0.2) is 0 Å². The fourth-order valence-electron chi connectivity index (χ4n) is 4.88. The van der Waals surface area contributed by atoms with E-state index in [1.54, 1.807) is 12.1 Å². The summed E-state index contributed by atoms with van der Waals surface area (Å²) in [5, 5.41) is 4.59. The number of fused-ring (bicyclic) bond motifs is 1. The standard InChI is InChI=1S/C28H29N3O3/c1-2-19-10-6-11-22-23(18-29-25(19)22)27(32)26(20-8-4-3-5-9-20)30-21-13-15-31(16-14-21)28(33)24-12-7-17-34-24/h3-12,17-18,21,26,29-30H,2,13-16H2,1H3. The van der Waals surface area contributed by atoms with Crippen LogP contribution in [0.3, 0.4) is 0 Å². The molecule has 1 atom stereocenters. The highest BCUT2D eigenvalue weighted by Gasteiger charge is 2.30. The maximum atomic E-state index is 13.9. The number of aromatic nitrogens is 1. The van der Waals surface area contributed by atoms with Gasteiger partial charge in [-0.15, -0.1) is 0 Å². The van der Waals surface area contributed by atoms with Crippen LogP contribution in [0.1, 0.15) is 57.8 Å². The Bertz CT molecular complexity index is 1270. The number of hydrogen-bond donors (Lipinski definition) is 2. The second-order valence-corrected chi connectivity index (χ2v) is 8.81. The lowest BCUT2D eigenvalue weighted by Gasteiger charge is -2.34. The van der Waals surface area contributed by atoms with E-state index in [-0.39, 0.29) is 17.7 Å². The molecular weight excluding hydrogens is 426 g/mol. The molecule has 1 saturated heterocycles. The van der Waals surface area contributed by atoms with E-state index in [2.05, 4.69) is 23.3 Å². The molecule has 2 N–H and O–H groups in total. The maximum absolute atomic E-state index is 13.9. The third kappa shape index (κ3) is 4.29. The van der Waals surface area contributed by atoms with Gasteiger partial charge in [0.15, 0.2) is 11.5 Å². The van der Waals surface area contributed by atoms with Crippen molar-refractivity contribution in [1.82, 2.24) is 15.2 Å². The minimum absolute atomic E-state index is 0.0554. The summed E-state index contributed by atoms with van der Waals surface area (Å²) < 4.78 is 5.27. The normalized spacial score (nSPS) is 15.5. The highest BCUT2D eigenvalue weighted by atomic mass is 16.3. The molecule has 0 bridgehead atoms. The van der Waals surface area contributed by atoms with Crippen LogP contribution in [0, 0.1) is 0 Å². The Labute approximate surface area is 199 Å². The Morgan fingerprint density at radius 1 is 1.06 bits per heavy atom. The van der Waals surface area contributed by atoms with Crippen LogP contribution in [0.4, 0.5) is 0 Å². The van der Waals surface area contributed by atoms with E-state index in [1.165, 1.54) is 11.8 Å². The van der Waals surface area contributed by atoms with E-state index in [4.69, 9.17) is 4.42 Å². The van der Waals surface area contributed by atoms with Gasteiger partial charge in [0.25, 0.3) is 5.91 Å². The number of Topliss-reactive ketones (excluding diaryl/α,β-unsaturated/α-hetero) is 1. The number of ketones is 1. The van der Waals surface area contributed by atoms with Gasteiger partial charge in [0, 0.05) is 41.8 Å². The molecule has 1 aliphatic heterocycles. The molecular formula is C28H29N3O3. The molecule has 0 saturated carbocycles. The second kappa shape index (κ2) is 9.69. The first kappa shape index (κ1) is 22.2. The predicted molar refractivity (Wildman–Crippen MR) is 132 cm³/mol. The van der Waals surface area contributed by atoms with Crippen molar-refractivity contribution >= 4 is 22.6 Å². The molecule has 174 valence electrons. The third-order valence-corrected chi connectivity index (χ3v) is 6.76. The molecule has 0 aliphatic carbocycles. The van der Waals surface area contributed by atoms with Gasteiger partial charge in [0.05, 0.1) is 12.3 Å². The van der Waals surface area contributed by atoms with E-state index in [9.17, 15) is 9.59 Å². The van der Waals surface area contributed by atoms with Crippen molar-refractivity contribution in [3.05, 3.63) is 95.6 Å². The van der Waals surface area contributed by atoms with Gasteiger partial charge in [0.2, 0.25) is 0 Å². The number of amides is 1. The van der Waals surface area contributed by atoms with Crippen LogP contribution >= 0.6 is 0 Å². The number of piperidine rings is 1. The quantitative estimate of drug-likeness (QED) is 0.378. The number of rotatable bonds is 7. The SMILES string of the molecule is CCc1cccc2c(C(=O)C(NC3CCN(C(=O)c4ccco4)CC3)c3ccccc3)c[nH]c12. The van der Waals surface area contributed by atoms with Gasteiger partial charge in [-0.2, -0.15) is 0 Å². The Morgan fingerprint density at radius 2 is 1.85 bits per heavy atom. The van der Waals surface area contributed by atoms with Crippen molar-refractivity contribution in [2.75, 3.05) is 13.1 Å². The summed E-state index contributed by atoms with van der Waals surface area (Å²) in [7, 11) is 0. The Balaban J connectivity index is 1.36. The van der Waals surface area contributed by atoms with Crippen LogP contribution in [0.15, 0.2) is 77.5 Å². The van der Waals surface area contributed by atoms with Crippen LogP contribution in [-0.4, -0.2) is 40.7 Å². The molecule has 1 fully saturated rings. The Morgan fingerprint density at radius 3 is 2.56 bits per heavy atom. The van der Waals surface area contributed by atoms with Crippen LogP contribution in [0.2, 0.25) is 0 Å². The Kier molecular flexibility index (Phi) is 6.32. The molecule has 5 rings (SSSR count). The van der Waals surface area contributed by atoms with Crippen LogP contribution < -0.4 is 5.32 Å². The summed E-state index contributed by atoms with van der Waals surface area (Å²) >= 11 is 0. The van der Waals surface area contributed by atoms with Crippen LogP contribution in [0.5, 0.6) is 0 Å². The summed E-state index contributed by atoms with van der Waals surface area (Å²) in [6, 6.07) is 19.1. The van der Waals surface area contributed by atoms with Gasteiger partial charge in [-0.05, 0) is 42.5 Å². The number of furan rings is 1. The number of likely N-dealkylation sites (tertiary alicyclic amines) is 1. The Hall–Kier alpha value is -3.64. The minimum atomic E-state index is -0.456. The lowest BCUT2D eigenvalue weighted by Crippen LogP contribution is -2.47. The van der Waals surface area contributed by atoms with Gasteiger partial charge in [0.1, 0.15) is 0 Å². The van der Waals surface area contributed by atoms with Crippen molar-refractivity contribution in [3.63, 3.8) is 0 Å². The first-order valence-corrected chi connectivity index (χ1v) is 11.9. The number of benzene rings is 2. The molecule has 4 aromatic rings. The van der Waals surface area contributed by atoms with Crippen molar-refractivity contribution < 1.29 is 14.0 Å². The average molecular weight is 456 g/mol. The number of carbonyl (C=O) groups is 2. The predicted octanol–water partition coefficient (Wildman–Crippen LogP) is 5.14. The fraction of sp³-hybridized carbons (Fsp3) is 0.286. The van der Waals surface area contributed by atoms with E-state index in [0.717, 1.165) is 35.7 Å². The number of H-pyrrole nitrogens is 1. The highest BCUT2D eigenvalue weighted by molar-refractivity contribution is 6.11. The lowest BCUT2D eigenvalue weighted by molar-refractivity contribution is 0.0663. The van der Waals surface area contributed by atoms with Crippen LogP contribution in [-0.2, 0) is 6.42 Å². The molecule has 3 heterocycles. The number of nitrogens with one attached hydrogen (secondary N) is 2. The first-order valence-electron chi connectivity index (χ1n) is 11.9. The molecule has 34 heavy (non-hydrogen) atoms. The lowest BCUT2D eigenvalue weighted by atomic mass is 9.94. The smallest absolute Gasteiger partial charge is 0.289 e. The third-order valence-electron chi connectivity index (χ3n) is 6.76. The molecule has 1 unspecified atom stereocenters. The van der Waals surface area contributed by atoms with Gasteiger partial charge < -0.3 is 19.6 Å². The summed E-state index contributed by atoms with van der Waals surface area (Å²) in [4.78, 5) is 31.6.